The van der Waals surface area contributed by atoms with E-state index in [-0.39, 0.29) is 0 Å². The summed E-state index contributed by atoms with van der Waals surface area (Å²) in [5.74, 6) is 9.16. The van der Waals surface area contributed by atoms with Crippen LogP contribution < -0.4 is 0 Å². The fourth-order valence-electron chi connectivity index (χ4n) is 0.747. The average Bonchev–Trinajstić information content (AvgIpc) is 1.89. The average molecular weight is 134 g/mol. The zero-order valence-electron chi connectivity index (χ0n) is 6.78. The van der Waals surface area contributed by atoms with Crippen molar-refractivity contribution >= 4 is 0 Å². The molecule has 0 amide bonds. The van der Waals surface area contributed by atoms with E-state index in [9.17, 15) is 0 Å². The lowest BCUT2D eigenvalue weighted by Gasteiger charge is -2.02. The van der Waals surface area contributed by atoms with E-state index < -0.39 is 0 Å². The molecule has 0 spiro atoms. The third-order valence-electron chi connectivity index (χ3n) is 1.41. The molecule has 0 bridgehead atoms. The van der Waals surface area contributed by atoms with E-state index in [0.29, 0.717) is 5.92 Å². The lowest BCUT2D eigenvalue weighted by Crippen LogP contribution is -1.90. The van der Waals surface area contributed by atoms with Gasteiger partial charge in [-0.25, -0.2) is 0 Å². The van der Waals surface area contributed by atoms with Crippen LogP contribution in [0.25, 0.3) is 0 Å². The summed E-state index contributed by atoms with van der Waals surface area (Å²) in [5, 5.41) is 0. The second kappa shape index (κ2) is 6.24. The van der Waals surface area contributed by atoms with Gasteiger partial charge in [-0.15, -0.1) is 24.2 Å². The third-order valence-corrected chi connectivity index (χ3v) is 1.41. The summed E-state index contributed by atoms with van der Waals surface area (Å²) in [4.78, 5) is 0. The van der Waals surface area contributed by atoms with Crippen molar-refractivity contribution in [2.45, 2.75) is 33.1 Å². The van der Waals surface area contributed by atoms with Crippen molar-refractivity contribution < 1.29 is 0 Å². The number of terminal acetylenes is 1. The largest absolute Gasteiger partial charge is 0.120 e. The molecular formula is C10H14. The van der Waals surface area contributed by atoms with Crippen LogP contribution in [0.5, 0.6) is 0 Å². The predicted octanol–water partition coefficient (Wildman–Crippen LogP) is 2.45. The van der Waals surface area contributed by atoms with Crippen molar-refractivity contribution in [2.24, 2.45) is 5.92 Å². The minimum absolute atomic E-state index is 0.630. The maximum absolute atomic E-state index is 5.15. The Morgan fingerprint density at radius 2 is 2.20 bits per heavy atom. The predicted molar refractivity (Wildman–Crippen MR) is 45.3 cm³/mol. The number of hydrogen-bond acceptors (Lipinski definition) is 0. The number of hydrogen-bond donors (Lipinski definition) is 0. The Labute approximate surface area is 64.0 Å². The molecule has 0 radical (unpaired) electrons. The highest BCUT2D eigenvalue weighted by molar-refractivity contribution is 4.95. The summed E-state index contributed by atoms with van der Waals surface area (Å²) in [6.07, 6.45) is 8.14. The lowest BCUT2D eigenvalue weighted by molar-refractivity contribution is 0.559. The Kier molecular flexibility index (Phi) is 5.69. The zero-order chi connectivity index (χ0) is 7.82. The first kappa shape index (κ1) is 9.12. The summed E-state index contributed by atoms with van der Waals surface area (Å²) in [6.45, 7) is 4.03. The molecule has 54 valence electrons. The van der Waals surface area contributed by atoms with Crippen molar-refractivity contribution in [3.8, 4) is 24.2 Å². The fourth-order valence-corrected chi connectivity index (χ4v) is 0.747. The van der Waals surface area contributed by atoms with E-state index in [2.05, 4.69) is 24.7 Å². The molecule has 0 heterocycles. The summed E-state index contributed by atoms with van der Waals surface area (Å²) in [5.41, 5.74) is 0. The highest BCUT2D eigenvalue weighted by atomic mass is 14.0. The summed E-state index contributed by atoms with van der Waals surface area (Å²) in [7, 11) is 0. The van der Waals surface area contributed by atoms with Gasteiger partial charge in [-0.2, -0.15) is 0 Å². The van der Waals surface area contributed by atoms with Gasteiger partial charge in [-0.3, -0.25) is 0 Å². The van der Waals surface area contributed by atoms with Crippen LogP contribution in [0.2, 0.25) is 0 Å². The minimum Gasteiger partial charge on any atom is -0.120 e. The quantitative estimate of drug-likeness (QED) is 0.520. The van der Waals surface area contributed by atoms with Gasteiger partial charge >= 0.3 is 0 Å². The summed E-state index contributed by atoms with van der Waals surface area (Å²) in [6, 6.07) is 0. The first-order valence-corrected chi connectivity index (χ1v) is 3.64. The highest BCUT2D eigenvalue weighted by Gasteiger charge is 1.96. The Morgan fingerprint density at radius 3 is 2.70 bits per heavy atom. The van der Waals surface area contributed by atoms with Crippen molar-refractivity contribution in [3.63, 3.8) is 0 Å². The molecule has 0 aromatic rings. The molecule has 0 nitrogen and oxygen atoms in total. The number of rotatable bonds is 3. The first-order valence-electron chi connectivity index (χ1n) is 3.64. The van der Waals surface area contributed by atoms with Crippen LogP contribution in [0, 0.1) is 30.1 Å². The second-order valence-corrected chi connectivity index (χ2v) is 2.48. The van der Waals surface area contributed by atoms with Gasteiger partial charge in [0.1, 0.15) is 0 Å². The molecule has 0 aliphatic heterocycles. The first-order chi connectivity index (χ1) is 4.81. The van der Waals surface area contributed by atoms with E-state index in [1.807, 2.05) is 6.92 Å². The highest BCUT2D eigenvalue weighted by Crippen LogP contribution is 2.07. The Balaban J connectivity index is 3.29. The monoisotopic (exact) mass is 134 g/mol. The Bertz CT molecular complexity index is 161. The van der Waals surface area contributed by atoms with Crippen LogP contribution >= 0.6 is 0 Å². The zero-order valence-corrected chi connectivity index (χ0v) is 6.78. The van der Waals surface area contributed by atoms with E-state index >= 15 is 0 Å². The van der Waals surface area contributed by atoms with Gasteiger partial charge in [0.25, 0.3) is 0 Å². The van der Waals surface area contributed by atoms with E-state index in [1.165, 1.54) is 0 Å². The molecule has 0 N–H and O–H groups in total. The molecule has 0 aromatic carbocycles. The van der Waals surface area contributed by atoms with E-state index in [4.69, 9.17) is 6.42 Å². The lowest BCUT2D eigenvalue weighted by atomic mass is 10.0. The molecule has 0 aromatic heterocycles. The standard InChI is InChI=1S/C10H14/c1-4-6-7-9-10(3)8-5-2/h2,10H,7-9H2,1,3H3. The van der Waals surface area contributed by atoms with E-state index in [1.54, 1.807) is 0 Å². The molecule has 0 saturated carbocycles. The Morgan fingerprint density at radius 1 is 1.50 bits per heavy atom. The van der Waals surface area contributed by atoms with Gasteiger partial charge in [-0.1, -0.05) is 6.92 Å². The van der Waals surface area contributed by atoms with Crippen LogP contribution in [0.15, 0.2) is 0 Å². The van der Waals surface area contributed by atoms with Gasteiger partial charge in [0.2, 0.25) is 0 Å². The molecule has 0 heteroatoms. The van der Waals surface area contributed by atoms with Gasteiger partial charge in [0.15, 0.2) is 0 Å². The van der Waals surface area contributed by atoms with Crippen molar-refractivity contribution in [1.82, 2.24) is 0 Å². The van der Waals surface area contributed by atoms with Crippen molar-refractivity contribution in [1.29, 1.82) is 0 Å². The molecule has 0 aliphatic rings. The Hall–Kier alpha value is -0.880. The van der Waals surface area contributed by atoms with Gasteiger partial charge in [0.05, 0.1) is 0 Å². The fraction of sp³-hybridized carbons (Fsp3) is 0.600. The third kappa shape index (κ3) is 5.26. The van der Waals surface area contributed by atoms with Crippen LogP contribution in [0.3, 0.4) is 0 Å². The molecule has 0 fully saturated rings. The van der Waals surface area contributed by atoms with Crippen molar-refractivity contribution in [2.75, 3.05) is 0 Å². The molecule has 0 aliphatic carbocycles. The maximum atomic E-state index is 5.15. The molecule has 0 saturated heterocycles. The van der Waals surface area contributed by atoms with E-state index in [0.717, 1.165) is 19.3 Å². The minimum atomic E-state index is 0.630. The second-order valence-electron chi connectivity index (χ2n) is 2.48. The summed E-state index contributed by atoms with van der Waals surface area (Å²) >= 11 is 0. The van der Waals surface area contributed by atoms with Gasteiger partial charge in [-0.05, 0) is 19.3 Å². The molecular weight excluding hydrogens is 120 g/mol. The van der Waals surface area contributed by atoms with Crippen LogP contribution in [-0.4, -0.2) is 0 Å². The summed E-state index contributed by atoms with van der Waals surface area (Å²) < 4.78 is 0. The topological polar surface area (TPSA) is 0 Å². The maximum Gasteiger partial charge on any atom is 0.0112 e. The van der Waals surface area contributed by atoms with Gasteiger partial charge < -0.3 is 0 Å². The van der Waals surface area contributed by atoms with Crippen LogP contribution in [0.1, 0.15) is 33.1 Å². The van der Waals surface area contributed by atoms with Gasteiger partial charge in [0, 0.05) is 12.8 Å². The molecule has 10 heavy (non-hydrogen) atoms. The normalized spacial score (nSPS) is 10.9. The molecule has 0 rings (SSSR count). The van der Waals surface area contributed by atoms with Crippen LogP contribution in [-0.2, 0) is 0 Å². The van der Waals surface area contributed by atoms with Crippen molar-refractivity contribution in [3.05, 3.63) is 0 Å². The smallest absolute Gasteiger partial charge is 0.0112 e. The van der Waals surface area contributed by atoms with Crippen LogP contribution in [0.4, 0.5) is 0 Å². The SMILES string of the molecule is C#CCC(C)CCC#CC. The molecule has 1 atom stereocenters. The molecule has 1 unspecified atom stereocenters.